The Hall–Kier alpha value is -4.11. The Bertz CT molecular complexity index is 1580. The minimum atomic E-state index is -0.842. The summed E-state index contributed by atoms with van der Waals surface area (Å²) >= 11 is 13.9. The molecule has 10 heteroatoms. The summed E-state index contributed by atoms with van der Waals surface area (Å²) in [4.78, 5) is 25.2. The predicted octanol–water partition coefficient (Wildman–Crippen LogP) is 8.94. The second-order valence-electron chi connectivity index (χ2n) is 9.63. The van der Waals surface area contributed by atoms with Crippen molar-refractivity contribution >= 4 is 53.0 Å². The zero-order valence-corrected chi connectivity index (χ0v) is 26.1. The summed E-state index contributed by atoms with van der Waals surface area (Å²) in [5.41, 5.74) is 9.20. The Balaban J connectivity index is 0.000000251. The molecule has 0 bridgehead atoms. The van der Waals surface area contributed by atoms with Gasteiger partial charge in [0.05, 0.1) is 17.9 Å². The first-order valence-corrected chi connectivity index (χ1v) is 15.0. The lowest BCUT2D eigenvalue weighted by atomic mass is 10.1. The Morgan fingerprint density at radius 2 is 1.60 bits per heavy atom. The molecule has 2 aromatic heterocycles. The number of amides is 1. The van der Waals surface area contributed by atoms with Crippen LogP contribution >= 0.6 is 35.0 Å². The highest BCUT2D eigenvalue weighted by Crippen LogP contribution is 2.37. The molecule has 2 heterocycles. The number of carbonyl (C=O) groups excluding carboxylic acids is 1. The maximum atomic E-state index is 11.2. The van der Waals surface area contributed by atoms with E-state index in [1.54, 1.807) is 18.5 Å². The van der Waals surface area contributed by atoms with Crippen molar-refractivity contribution in [2.24, 2.45) is 10.7 Å². The highest BCUT2D eigenvalue weighted by Gasteiger charge is 2.22. The molecule has 5 aromatic rings. The number of hydrogen-bond acceptors (Lipinski definition) is 6. The molecule has 0 radical (unpaired) electrons. The number of rotatable bonds is 9. The van der Waals surface area contributed by atoms with Gasteiger partial charge in [0.25, 0.3) is 0 Å². The SMILES string of the molecule is C(=Nc1ccccc1)c1ccccc1.CC(C)c1nc(COC(N)=O)n(Cc2ccncc2)c1Sc1cc(Cl)cc(Cl)c1. The van der Waals surface area contributed by atoms with Crippen LogP contribution < -0.4 is 5.73 Å². The fraction of sp³-hybridized carbons (Fsp3) is 0.152. The van der Waals surface area contributed by atoms with Crippen LogP contribution in [0, 0.1) is 0 Å². The van der Waals surface area contributed by atoms with E-state index < -0.39 is 6.09 Å². The van der Waals surface area contributed by atoms with Crippen LogP contribution in [0.15, 0.2) is 118 Å². The topological polar surface area (TPSA) is 95.4 Å². The average molecular weight is 633 g/mol. The van der Waals surface area contributed by atoms with E-state index in [2.05, 4.69) is 23.8 Å². The molecule has 2 N–H and O–H groups in total. The molecule has 7 nitrogen and oxygen atoms in total. The summed E-state index contributed by atoms with van der Waals surface area (Å²) in [7, 11) is 0. The van der Waals surface area contributed by atoms with Crippen molar-refractivity contribution in [3.8, 4) is 0 Å². The number of primary amides is 1. The smallest absolute Gasteiger partial charge is 0.404 e. The molecule has 0 unspecified atom stereocenters. The van der Waals surface area contributed by atoms with Gasteiger partial charge in [-0.1, -0.05) is 97.3 Å². The van der Waals surface area contributed by atoms with Crippen molar-refractivity contribution in [3.05, 3.63) is 136 Å². The van der Waals surface area contributed by atoms with Gasteiger partial charge in [0, 0.05) is 33.5 Å². The third kappa shape index (κ3) is 9.99. The number of pyridine rings is 1. The summed E-state index contributed by atoms with van der Waals surface area (Å²) in [6.45, 7) is 4.65. The van der Waals surface area contributed by atoms with Gasteiger partial charge in [0.2, 0.25) is 0 Å². The van der Waals surface area contributed by atoms with Crippen molar-refractivity contribution in [1.29, 1.82) is 0 Å². The van der Waals surface area contributed by atoms with Gasteiger partial charge in [-0.15, -0.1) is 0 Å². The van der Waals surface area contributed by atoms with Crippen LogP contribution in [0.3, 0.4) is 0 Å². The first kappa shape index (κ1) is 31.8. The number of nitrogens with two attached hydrogens (primary N) is 1. The minimum absolute atomic E-state index is 0.0169. The van der Waals surface area contributed by atoms with Crippen LogP contribution in [0.25, 0.3) is 0 Å². The first-order chi connectivity index (χ1) is 20.8. The highest BCUT2D eigenvalue weighted by molar-refractivity contribution is 7.99. The molecule has 0 aliphatic rings. The van der Waals surface area contributed by atoms with E-state index in [9.17, 15) is 4.79 Å². The third-order valence-corrected chi connectivity index (χ3v) is 7.51. The van der Waals surface area contributed by atoms with Gasteiger partial charge in [0.1, 0.15) is 10.9 Å². The lowest BCUT2D eigenvalue weighted by molar-refractivity contribution is 0.145. The standard InChI is InChI=1S/C20H20Cl2N4O2S.C13H11N/c1-12(2)18-19(29-16-8-14(21)7-15(22)9-16)26(10-13-3-5-24-6-4-13)17(25-18)11-28-20(23)27;1-3-7-12(8-4-1)11-14-13-9-5-2-6-10-13/h3-9,12H,10-11H2,1-2H3,(H2,23,27);1-11H. The monoisotopic (exact) mass is 631 g/mol. The summed E-state index contributed by atoms with van der Waals surface area (Å²) in [5, 5.41) is 2.05. The van der Waals surface area contributed by atoms with Crippen molar-refractivity contribution < 1.29 is 9.53 Å². The molecule has 3 aromatic carbocycles. The number of aromatic nitrogens is 3. The maximum Gasteiger partial charge on any atom is 0.404 e. The maximum absolute atomic E-state index is 11.2. The highest BCUT2D eigenvalue weighted by atomic mass is 35.5. The number of carbonyl (C=O) groups is 1. The largest absolute Gasteiger partial charge is 0.442 e. The van der Waals surface area contributed by atoms with E-state index in [1.165, 1.54) is 11.8 Å². The molecule has 0 aliphatic heterocycles. The van der Waals surface area contributed by atoms with E-state index in [0.29, 0.717) is 22.4 Å². The number of benzene rings is 3. The zero-order chi connectivity index (χ0) is 30.6. The van der Waals surface area contributed by atoms with Crippen LogP contribution in [0.1, 0.15) is 42.4 Å². The van der Waals surface area contributed by atoms with Gasteiger partial charge >= 0.3 is 6.09 Å². The number of nitrogens with zero attached hydrogens (tertiary/aromatic N) is 4. The van der Waals surface area contributed by atoms with Gasteiger partial charge in [-0.2, -0.15) is 0 Å². The quantitative estimate of drug-likeness (QED) is 0.164. The molecule has 0 atom stereocenters. The molecular weight excluding hydrogens is 601 g/mol. The Morgan fingerprint density at radius 1 is 0.977 bits per heavy atom. The van der Waals surface area contributed by atoms with Gasteiger partial charge in [-0.05, 0) is 59.5 Å². The molecule has 0 saturated heterocycles. The van der Waals surface area contributed by atoms with Crippen LogP contribution in [-0.4, -0.2) is 26.8 Å². The first-order valence-electron chi connectivity index (χ1n) is 13.5. The van der Waals surface area contributed by atoms with Gasteiger partial charge < -0.3 is 15.0 Å². The van der Waals surface area contributed by atoms with Gasteiger partial charge in [-0.25, -0.2) is 9.78 Å². The van der Waals surface area contributed by atoms with E-state index in [0.717, 1.165) is 32.4 Å². The molecule has 220 valence electrons. The van der Waals surface area contributed by atoms with E-state index >= 15 is 0 Å². The third-order valence-electron chi connectivity index (χ3n) is 5.97. The molecule has 5 rings (SSSR count). The van der Waals surface area contributed by atoms with Crippen LogP contribution in [-0.2, 0) is 17.9 Å². The normalized spacial score (nSPS) is 10.9. The summed E-state index contributed by atoms with van der Waals surface area (Å²) < 4.78 is 7.06. The van der Waals surface area contributed by atoms with Crippen molar-refractivity contribution in [1.82, 2.24) is 14.5 Å². The number of para-hydroxylation sites is 1. The molecule has 0 fully saturated rings. The molecule has 0 saturated carbocycles. The summed E-state index contributed by atoms with van der Waals surface area (Å²) in [5.74, 6) is 0.762. The van der Waals surface area contributed by atoms with Gasteiger partial charge in [0.15, 0.2) is 6.61 Å². The average Bonchev–Trinajstić information content (AvgIpc) is 3.33. The summed E-state index contributed by atoms with van der Waals surface area (Å²) in [6.07, 6.45) is 4.50. The zero-order valence-electron chi connectivity index (χ0n) is 23.7. The Morgan fingerprint density at radius 3 is 2.21 bits per heavy atom. The fourth-order valence-electron chi connectivity index (χ4n) is 3.97. The van der Waals surface area contributed by atoms with Crippen LogP contribution in [0.2, 0.25) is 10.0 Å². The van der Waals surface area contributed by atoms with Crippen molar-refractivity contribution in [2.45, 2.75) is 42.8 Å². The number of halogens is 2. The minimum Gasteiger partial charge on any atom is -0.442 e. The molecule has 0 aliphatic carbocycles. The Kier molecular flexibility index (Phi) is 11.8. The lowest BCUT2D eigenvalue weighted by Crippen LogP contribution is -2.15. The second kappa shape index (κ2) is 15.9. The second-order valence-corrected chi connectivity index (χ2v) is 11.6. The van der Waals surface area contributed by atoms with E-state index in [4.69, 9.17) is 38.7 Å². The van der Waals surface area contributed by atoms with Crippen LogP contribution in [0.4, 0.5) is 10.5 Å². The number of aliphatic imine (C=N–C) groups is 1. The number of hydrogen-bond donors (Lipinski definition) is 1. The molecule has 43 heavy (non-hydrogen) atoms. The van der Waals surface area contributed by atoms with Crippen LogP contribution in [0.5, 0.6) is 0 Å². The van der Waals surface area contributed by atoms with Crippen molar-refractivity contribution in [3.63, 3.8) is 0 Å². The predicted molar refractivity (Wildman–Crippen MR) is 175 cm³/mol. The van der Waals surface area contributed by atoms with E-state index in [-0.39, 0.29) is 12.5 Å². The fourth-order valence-corrected chi connectivity index (χ4v) is 5.88. The number of imidazole rings is 1. The molecular formula is C33H31Cl2N5O2S. The Labute approximate surface area is 265 Å². The number of ether oxygens (including phenoxy) is 1. The summed E-state index contributed by atoms with van der Waals surface area (Å²) in [6, 6.07) is 29.3. The van der Waals surface area contributed by atoms with Crippen molar-refractivity contribution in [2.75, 3.05) is 0 Å². The lowest BCUT2D eigenvalue weighted by Gasteiger charge is -2.14. The molecule has 1 amide bonds. The van der Waals surface area contributed by atoms with Gasteiger partial charge in [-0.3, -0.25) is 9.98 Å². The van der Waals surface area contributed by atoms with E-state index in [1.807, 2.05) is 95.7 Å². The molecule has 0 spiro atoms.